The summed E-state index contributed by atoms with van der Waals surface area (Å²) in [5.74, 6) is 0. The smallest absolute Gasteiger partial charge is 0.0593 e. The first-order valence-electron chi connectivity index (χ1n) is 6.38. The van der Waals surface area contributed by atoms with Crippen LogP contribution in [0.3, 0.4) is 0 Å². The predicted molar refractivity (Wildman–Crippen MR) is 61.9 cm³/mol. The van der Waals surface area contributed by atoms with E-state index in [-0.39, 0.29) is 5.54 Å². The van der Waals surface area contributed by atoms with E-state index < -0.39 is 0 Å². The zero-order chi connectivity index (χ0) is 10.6. The third-order valence-electron chi connectivity index (χ3n) is 3.70. The topological polar surface area (TPSA) is 38.5 Å². The second-order valence-corrected chi connectivity index (χ2v) is 5.17. The highest BCUT2D eigenvalue weighted by Gasteiger charge is 2.29. The molecule has 0 aromatic rings. The molecule has 0 aromatic heterocycles. The monoisotopic (exact) mass is 212 g/mol. The van der Waals surface area contributed by atoms with Crippen molar-refractivity contribution < 1.29 is 4.74 Å². The Kier molecular flexibility index (Phi) is 4.00. The van der Waals surface area contributed by atoms with Gasteiger partial charge in [0.05, 0.1) is 6.61 Å². The van der Waals surface area contributed by atoms with Gasteiger partial charge >= 0.3 is 0 Å². The van der Waals surface area contributed by atoms with Crippen LogP contribution in [0.25, 0.3) is 0 Å². The molecule has 0 aromatic carbocycles. The minimum absolute atomic E-state index is 0.0998. The van der Waals surface area contributed by atoms with E-state index in [1.807, 2.05) is 0 Å². The lowest BCUT2D eigenvalue weighted by atomic mass is 9.82. The van der Waals surface area contributed by atoms with Crippen LogP contribution in [0.15, 0.2) is 0 Å². The summed E-state index contributed by atoms with van der Waals surface area (Å²) >= 11 is 0. The molecule has 2 fully saturated rings. The zero-order valence-corrected chi connectivity index (χ0v) is 9.71. The minimum Gasteiger partial charge on any atom is -0.380 e. The van der Waals surface area contributed by atoms with Gasteiger partial charge in [-0.15, -0.1) is 0 Å². The van der Waals surface area contributed by atoms with E-state index >= 15 is 0 Å². The van der Waals surface area contributed by atoms with Gasteiger partial charge in [-0.2, -0.15) is 0 Å². The summed E-state index contributed by atoms with van der Waals surface area (Å²) in [6, 6.07) is 0. The third kappa shape index (κ3) is 3.44. The second-order valence-electron chi connectivity index (χ2n) is 5.17. The summed E-state index contributed by atoms with van der Waals surface area (Å²) in [7, 11) is 0. The molecular formula is C12H24N2O. The summed E-state index contributed by atoms with van der Waals surface area (Å²) in [5, 5.41) is 0. The first kappa shape index (κ1) is 11.4. The van der Waals surface area contributed by atoms with E-state index in [1.54, 1.807) is 0 Å². The Morgan fingerprint density at radius 1 is 1.00 bits per heavy atom. The molecule has 2 rings (SSSR count). The van der Waals surface area contributed by atoms with Crippen LogP contribution in [0.1, 0.15) is 38.5 Å². The fraction of sp³-hybridized carbons (Fsp3) is 1.00. The van der Waals surface area contributed by atoms with Crippen LogP contribution in [-0.2, 0) is 4.74 Å². The van der Waals surface area contributed by atoms with Crippen molar-refractivity contribution in [3.8, 4) is 0 Å². The Morgan fingerprint density at radius 3 is 2.60 bits per heavy atom. The van der Waals surface area contributed by atoms with Gasteiger partial charge in [0.25, 0.3) is 0 Å². The van der Waals surface area contributed by atoms with Crippen molar-refractivity contribution in [3.05, 3.63) is 0 Å². The number of hydrogen-bond acceptors (Lipinski definition) is 3. The van der Waals surface area contributed by atoms with Gasteiger partial charge in [0.2, 0.25) is 0 Å². The largest absolute Gasteiger partial charge is 0.380 e. The van der Waals surface area contributed by atoms with Crippen molar-refractivity contribution in [1.29, 1.82) is 0 Å². The van der Waals surface area contributed by atoms with Crippen LogP contribution in [0.2, 0.25) is 0 Å². The normalized spacial score (nSPS) is 28.6. The highest BCUT2D eigenvalue weighted by atomic mass is 16.5. The maximum Gasteiger partial charge on any atom is 0.0593 e. The molecule has 1 heterocycles. The van der Waals surface area contributed by atoms with Gasteiger partial charge in [-0.1, -0.05) is 19.3 Å². The van der Waals surface area contributed by atoms with Gasteiger partial charge in [-0.3, -0.25) is 4.90 Å². The molecule has 3 heteroatoms. The average Bonchev–Trinajstić information content (AvgIpc) is 2.47. The third-order valence-corrected chi connectivity index (χ3v) is 3.70. The Bertz CT molecular complexity index is 182. The molecule has 15 heavy (non-hydrogen) atoms. The number of rotatable bonds is 2. The maximum absolute atomic E-state index is 6.46. The molecule has 3 nitrogen and oxygen atoms in total. The van der Waals surface area contributed by atoms with Gasteiger partial charge in [0.15, 0.2) is 0 Å². The highest BCUT2D eigenvalue weighted by Crippen LogP contribution is 2.26. The fourth-order valence-corrected chi connectivity index (χ4v) is 2.82. The Labute approximate surface area is 93.0 Å². The van der Waals surface area contributed by atoms with Crippen LogP contribution in [0, 0.1) is 0 Å². The molecule has 0 bridgehead atoms. The Balaban J connectivity index is 1.82. The molecule has 1 aliphatic carbocycles. The number of nitrogens with two attached hydrogens (primary N) is 1. The summed E-state index contributed by atoms with van der Waals surface area (Å²) < 4.78 is 5.46. The number of nitrogens with zero attached hydrogens (tertiary/aromatic N) is 1. The molecule has 0 radical (unpaired) electrons. The summed E-state index contributed by atoms with van der Waals surface area (Å²) in [6.45, 7) is 5.12. The van der Waals surface area contributed by atoms with Gasteiger partial charge in [-0.25, -0.2) is 0 Å². The molecule has 2 N–H and O–H groups in total. The van der Waals surface area contributed by atoms with Gasteiger partial charge in [0, 0.05) is 31.8 Å². The number of ether oxygens (including phenoxy) is 1. The molecular weight excluding hydrogens is 188 g/mol. The van der Waals surface area contributed by atoms with Crippen molar-refractivity contribution in [3.63, 3.8) is 0 Å². The van der Waals surface area contributed by atoms with E-state index in [1.165, 1.54) is 38.6 Å². The van der Waals surface area contributed by atoms with Crippen LogP contribution in [-0.4, -0.2) is 43.3 Å². The molecule has 88 valence electrons. The predicted octanol–water partition coefficient (Wildman–Crippen LogP) is 1.37. The summed E-state index contributed by atoms with van der Waals surface area (Å²) in [5.41, 5.74) is 6.56. The van der Waals surface area contributed by atoms with E-state index in [0.717, 1.165) is 32.7 Å². The quantitative estimate of drug-likeness (QED) is 0.751. The lowest BCUT2D eigenvalue weighted by Gasteiger charge is -2.37. The van der Waals surface area contributed by atoms with Crippen molar-refractivity contribution in [2.24, 2.45) is 5.73 Å². The van der Waals surface area contributed by atoms with Gasteiger partial charge in [0.1, 0.15) is 0 Å². The molecule has 0 spiro atoms. The van der Waals surface area contributed by atoms with E-state index in [4.69, 9.17) is 10.5 Å². The Hall–Kier alpha value is -0.120. The SMILES string of the molecule is NC1(CN2CCCOCC2)CCCCC1. The van der Waals surface area contributed by atoms with Crippen molar-refractivity contribution >= 4 is 0 Å². The highest BCUT2D eigenvalue weighted by molar-refractivity contribution is 4.90. The average molecular weight is 212 g/mol. The minimum atomic E-state index is 0.0998. The van der Waals surface area contributed by atoms with E-state index in [0.29, 0.717) is 0 Å². The van der Waals surface area contributed by atoms with E-state index in [2.05, 4.69) is 4.90 Å². The first-order chi connectivity index (χ1) is 7.29. The molecule has 0 amide bonds. The van der Waals surface area contributed by atoms with Crippen LogP contribution in [0.4, 0.5) is 0 Å². The first-order valence-corrected chi connectivity index (χ1v) is 6.38. The molecule has 1 aliphatic heterocycles. The number of hydrogen-bond donors (Lipinski definition) is 1. The van der Waals surface area contributed by atoms with Crippen LogP contribution >= 0.6 is 0 Å². The molecule has 0 unspecified atom stereocenters. The fourth-order valence-electron chi connectivity index (χ4n) is 2.82. The van der Waals surface area contributed by atoms with E-state index in [9.17, 15) is 0 Å². The molecule has 1 saturated heterocycles. The lowest BCUT2D eigenvalue weighted by Crippen LogP contribution is -2.51. The van der Waals surface area contributed by atoms with Crippen molar-refractivity contribution in [2.45, 2.75) is 44.1 Å². The second kappa shape index (κ2) is 5.28. The maximum atomic E-state index is 6.46. The van der Waals surface area contributed by atoms with Gasteiger partial charge in [-0.05, 0) is 19.3 Å². The van der Waals surface area contributed by atoms with Crippen LogP contribution in [0.5, 0.6) is 0 Å². The van der Waals surface area contributed by atoms with Crippen molar-refractivity contribution in [2.75, 3.05) is 32.8 Å². The molecule has 1 saturated carbocycles. The van der Waals surface area contributed by atoms with Gasteiger partial charge < -0.3 is 10.5 Å². The molecule has 2 aliphatic rings. The molecule has 0 atom stereocenters. The standard InChI is InChI=1S/C12H24N2O/c13-12(5-2-1-3-6-12)11-14-7-4-9-15-10-8-14/h1-11,13H2. The Morgan fingerprint density at radius 2 is 1.80 bits per heavy atom. The van der Waals surface area contributed by atoms with Crippen molar-refractivity contribution in [1.82, 2.24) is 4.90 Å². The summed E-state index contributed by atoms with van der Waals surface area (Å²) in [6.07, 6.45) is 7.61. The lowest BCUT2D eigenvalue weighted by molar-refractivity contribution is 0.130. The van der Waals surface area contributed by atoms with Crippen LogP contribution < -0.4 is 5.73 Å². The zero-order valence-electron chi connectivity index (χ0n) is 9.71. The summed E-state index contributed by atoms with van der Waals surface area (Å²) in [4.78, 5) is 2.50.